The molecule has 0 radical (unpaired) electrons. The van der Waals surface area contributed by atoms with Crippen LogP contribution >= 0.6 is 0 Å². The Morgan fingerprint density at radius 2 is 2.09 bits per heavy atom. The Balaban J connectivity index is 1.66. The number of hydrogen-bond donors (Lipinski definition) is 2. The van der Waals surface area contributed by atoms with Crippen molar-refractivity contribution in [2.24, 2.45) is 15.4 Å². The third-order valence-corrected chi connectivity index (χ3v) is 6.25. The Bertz CT molecular complexity index is 1530. The number of carbonyl (C=O) groups excluding carboxylic acids is 1. The number of nitrogens with one attached hydrogen (secondary N) is 2. The van der Waals surface area contributed by atoms with Crippen molar-refractivity contribution in [1.82, 2.24) is 9.97 Å². The second-order valence-electron chi connectivity index (χ2n) is 9.12. The lowest BCUT2D eigenvalue weighted by Crippen LogP contribution is -2.39. The molecule has 0 fully saturated rings. The van der Waals surface area contributed by atoms with Crippen LogP contribution in [0.25, 0.3) is 18.0 Å². The Kier molecular flexibility index (Phi) is 5.48. The van der Waals surface area contributed by atoms with Crippen LogP contribution in [0, 0.1) is 16.7 Å². The van der Waals surface area contributed by atoms with Crippen molar-refractivity contribution in [1.29, 1.82) is 5.26 Å². The lowest BCUT2D eigenvalue weighted by Gasteiger charge is -2.30. The normalized spacial score (nSPS) is 22.0. The first-order valence-electron chi connectivity index (χ1n) is 11.4. The molecule has 5 heterocycles. The maximum atomic E-state index is 15.5. The SMILES string of the molecule is CCOC(=O)C(C)(C#N)CC12C=CC(=N1)C(F)=c1ccc([nH]1)=CC1=NC(=Cc3ccc([nH]3)C2)C=C1. The molecule has 0 amide bonds. The summed E-state index contributed by atoms with van der Waals surface area (Å²) in [6.07, 6.45) is 11.4. The fourth-order valence-electron chi connectivity index (χ4n) is 4.60. The maximum absolute atomic E-state index is 15.5. The second kappa shape index (κ2) is 8.51. The van der Waals surface area contributed by atoms with Gasteiger partial charge in [-0.25, -0.2) is 9.38 Å². The van der Waals surface area contributed by atoms with Gasteiger partial charge in [-0.3, -0.25) is 9.79 Å². The van der Waals surface area contributed by atoms with Gasteiger partial charge in [0, 0.05) is 29.6 Å². The van der Waals surface area contributed by atoms with Gasteiger partial charge in [0.1, 0.15) is 0 Å². The molecule has 2 aromatic heterocycles. The van der Waals surface area contributed by atoms with E-state index in [-0.39, 0.29) is 24.1 Å². The van der Waals surface area contributed by atoms with Gasteiger partial charge in [0.05, 0.1) is 40.7 Å². The summed E-state index contributed by atoms with van der Waals surface area (Å²) in [5, 5.41) is 10.9. The molecule has 3 aliphatic rings. The second-order valence-corrected chi connectivity index (χ2v) is 9.12. The van der Waals surface area contributed by atoms with Gasteiger partial charge in [0.2, 0.25) is 0 Å². The fourth-order valence-corrected chi connectivity index (χ4v) is 4.60. The van der Waals surface area contributed by atoms with Crippen LogP contribution in [0.5, 0.6) is 0 Å². The van der Waals surface area contributed by atoms with Crippen molar-refractivity contribution >= 4 is 35.4 Å². The first kappa shape index (κ1) is 22.5. The number of aromatic nitrogens is 2. The number of H-pyrrole nitrogens is 2. The zero-order valence-electron chi connectivity index (χ0n) is 19.4. The average molecular weight is 470 g/mol. The van der Waals surface area contributed by atoms with Gasteiger partial charge >= 0.3 is 5.97 Å². The van der Waals surface area contributed by atoms with Gasteiger partial charge < -0.3 is 14.7 Å². The van der Waals surface area contributed by atoms with E-state index in [1.807, 2.05) is 36.4 Å². The van der Waals surface area contributed by atoms with E-state index in [0.717, 1.165) is 22.8 Å². The molecular weight excluding hydrogens is 445 g/mol. The summed E-state index contributed by atoms with van der Waals surface area (Å²) < 4.78 is 20.7. The standard InChI is InChI=1S/C27H24FN5O2/c1-3-35-25(34)26(2,16-29)15-27-11-10-23(33-27)24(28)22-9-8-20(32-22)13-18-5-4-17(30-18)12-19-6-7-21(14-27)31-19/h4-13,31-32H,3,14-15H2,1-2H3. The Morgan fingerprint density at radius 1 is 1.23 bits per heavy atom. The van der Waals surface area contributed by atoms with Crippen LogP contribution in [-0.4, -0.2) is 39.5 Å². The van der Waals surface area contributed by atoms with Crippen LogP contribution in [0.4, 0.5) is 4.39 Å². The molecule has 2 N–H and O–H groups in total. The van der Waals surface area contributed by atoms with Crippen molar-refractivity contribution in [3.63, 3.8) is 0 Å². The molecular formula is C27H24FN5O2. The summed E-state index contributed by atoms with van der Waals surface area (Å²) >= 11 is 0. The first-order chi connectivity index (χ1) is 16.8. The number of fused-ring (bicyclic) bond motifs is 6. The number of halogens is 1. The predicted octanol–water partition coefficient (Wildman–Crippen LogP) is 3.04. The molecule has 35 heavy (non-hydrogen) atoms. The average Bonchev–Trinajstić information content (AvgIpc) is 3.63. The van der Waals surface area contributed by atoms with E-state index in [2.05, 4.69) is 21.0 Å². The van der Waals surface area contributed by atoms with Gasteiger partial charge in [-0.15, -0.1) is 0 Å². The van der Waals surface area contributed by atoms with Gasteiger partial charge in [0.15, 0.2) is 11.2 Å². The highest BCUT2D eigenvalue weighted by atomic mass is 19.1. The largest absolute Gasteiger partial charge is 0.465 e. The van der Waals surface area contributed by atoms with Crippen molar-refractivity contribution in [3.8, 4) is 6.07 Å². The summed E-state index contributed by atoms with van der Waals surface area (Å²) in [5.74, 6) is -1.13. The zero-order valence-corrected chi connectivity index (χ0v) is 19.4. The van der Waals surface area contributed by atoms with E-state index in [1.165, 1.54) is 0 Å². The zero-order chi connectivity index (χ0) is 24.6. The molecule has 0 aromatic carbocycles. The quantitative estimate of drug-likeness (QED) is 0.672. The number of aromatic amines is 2. The smallest absolute Gasteiger partial charge is 0.326 e. The molecule has 2 unspecified atom stereocenters. The lowest BCUT2D eigenvalue weighted by atomic mass is 9.76. The van der Waals surface area contributed by atoms with E-state index < -0.39 is 22.8 Å². The number of aliphatic imine (C=N–C) groups is 2. The third-order valence-electron chi connectivity index (χ3n) is 6.25. The summed E-state index contributed by atoms with van der Waals surface area (Å²) in [6, 6.07) is 9.40. The van der Waals surface area contributed by atoms with Crippen molar-refractivity contribution in [3.05, 3.63) is 76.4 Å². The van der Waals surface area contributed by atoms with Crippen LogP contribution in [0.1, 0.15) is 31.7 Å². The molecule has 3 aliphatic heterocycles. The van der Waals surface area contributed by atoms with E-state index in [4.69, 9.17) is 9.73 Å². The number of nitriles is 1. The number of rotatable bonds is 4. The number of esters is 1. The molecule has 8 heteroatoms. The Morgan fingerprint density at radius 3 is 2.89 bits per heavy atom. The van der Waals surface area contributed by atoms with Crippen LogP contribution in [0.3, 0.4) is 0 Å². The van der Waals surface area contributed by atoms with E-state index in [9.17, 15) is 10.1 Å². The van der Waals surface area contributed by atoms with E-state index in [0.29, 0.717) is 11.8 Å². The highest BCUT2D eigenvalue weighted by molar-refractivity contribution is 6.23. The maximum Gasteiger partial charge on any atom is 0.326 e. The summed E-state index contributed by atoms with van der Waals surface area (Å²) in [5.41, 5.74) is 0.919. The first-order valence-corrected chi connectivity index (χ1v) is 11.4. The predicted molar refractivity (Wildman–Crippen MR) is 132 cm³/mol. The van der Waals surface area contributed by atoms with Crippen molar-refractivity contribution < 1.29 is 13.9 Å². The third kappa shape index (κ3) is 4.33. The van der Waals surface area contributed by atoms with Crippen molar-refractivity contribution in [2.75, 3.05) is 6.61 Å². The van der Waals surface area contributed by atoms with Crippen molar-refractivity contribution in [2.45, 2.75) is 32.2 Å². The fraction of sp³-hybridized carbons (Fsp3) is 0.259. The van der Waals surface area contributed by atoms with Crippen LogP contribution in [0.2, 0.25) is 0 Å². The number of carbonyl (C=O) groups is 1. The summed E-state index contributed by atoms with van der Waals surface area (Å²) in [6.45, 7) is 3.40. The molecule has 2 aromatic rings. The summed E-state index contributed by atoms with van der Waals surface area (Å²) in [4.78, 5) is 28.5. The van der Waals surface area contributed by atoms with Crippen LogP contribution in [-0.2, 0) is 16.0 Å². The van der Waals surface area contributed by atoms with Crippen LogP contribution < -0.4 is 10.7 Å². The highest BCUT2D eigenvalue weighted by Gasteiger charge is 2.45. The number of nitrogens with zero attached hydrogens (tertiary/aromatic N) is 3. The van der Waals surface area contributed by atoms with Gasteiger partial charge in [-0.05, 0) is 68.5 Å². The molecule has 5 rings (SSSR count). The molecule has 8 bridgehead atoms. The van der Waals surface area contributed by atoms with Crippen LogP contribution in [0.15, 0.2) is 64.3 Å². The topological polar surface area (TPSA) is 106 Å². The molecule has 0 saturated heterocycles. The minimum Gasteiger partial charge on any atom is -0.465 e. The highest BCUT2D eigenvalue weighted by Crippen LogP contribution is 2.38. The lowest BCUT2D eigenvalue weighted by molar-refractivity contribution is -0.152. The molecule has 7 nitrogen and oxygen atoms in total. The molecule has 0 saturated carbocycles. The summed E-state index contributed by atoms with van der Waals surface area (Å²) in [7, 11) is 0. The number of ether oxygens (including phenoxy) is 1. The van der Waals surface area contributed by atoms with Gasteiger partial charge in [-0.2, -0.15) is 5.26 Å². The molecule has 176 valence electrons. The molecule has 0 spiro atoms. The Labute approximate surface area is 201 Å². The molecule has 0 aliphatic carbocycles. The minimum atomic E-state index is -1.46. The van der Waals surface area contributed by atoms with Gasteiger partial charge in [0.25, 0.3) is 0 Å². The number of hydrogen-bond acceptors (Lipinski definition) is 5. The molecule has 2 atom stereocenters. The van der Waals surface area contributed by atoms with Gasteiger partial charge in [-0.1, -0.05) is 6.08 Å². The monoisotopic (exact) mass is 469 g/mol. The minimum absolute atomic E-state index is 0.0399. The van der Waals surface area contributed by atoms with E-state index >= 15 is 4.39 Å². The number of allylic oxidation sites excluding steroid dienone is 3. The Hall–Kier alpha value is -4.25. The van der Waals surface area contributed by atoms with E-state index in [1.54, 1.807) is 38.1 Å².